The van der Waals surface area contributed by atoms with Crippen molar-refractivity contribution >= 4 is 20.7 Å². The van der Waals surface area contributed by atoms with Crippen LogP contribution < -0.4 is 0 Å². The van der Waals surface area contributed by atoms with E-state index in [0.717, 1.165) is 5.92 Å². The van der Waals surface area contributed by atoms with Gasteiger partial charge in [-0.3, -0.25) is 0 Å². The fourth-order valence-electron chi connectivity index (χ4n) is 1.73. The molecular weight excluding hydrogens is 188 g/mol. The van der Waals surface area contributed by atoms with Crippen LogP contribution in [-0.4, -0.2) is 22.6 Å². The first-order valence-electron chi connectivity index (χ1n) is 4.48. The molecule has 3 atom stereocenters. The molecule has 1 N–H and O–H groups in total. The van der Waals surface area contributed by atoms with E-state index >= 15 is 0 Å². The molecule has 0 aromatic rings. The molecule has 3 unspecified atom stereocenters. The molecule has 3 heteroatoms. The Balaban J connectivity index is 2.62. The zero-order valence-electron chi connectivity index (χ0n) is 8.37. The fraction of sp³-hybridized carbons (Fsp3) is 1.00. The molecule has 1 nitrogen and oxygen atoms in total. The summed E-state index contributed by atoms with van der Waals surface area (Å²) in [6, 6.07) is 0. The van der Waals surface area contributed by atoms with Crippen LogP contribution in [0.5, 0.6) is 0 Å². The summed E-state index contributed by atoms with van der Waals surface area (Å²) in [6.07, 6.45) is 6.53. The zero-order valence-corrected chi connectivity index (χ0v) is 10.1. The van der Waals surface area contributed by atoms with E-state index in [0.29, 0.717) is 5.92 Å². The highest BCUT2D eigenvalue weighted by molar-refractivity contribution is 8.87. The van der Waals surface area contributed by atoms with Gasteiger partial charge in [0, 0.05) is 0 Å². The molecule has 0 radical (unpaired) electrons. The molecule has 0 aromatic carbocycles. The highest BCUT2D eigenvalue weighted by Crippen LogP contribution is 2.66. The average Bonchev–Trinajstić information content (AvgIpc) is 2.62. The van der Waals surface area contributed by atoms with Gasteiger partial charge in [-0.1, -0.05) is 13.3 Å². The van der Waals surface area contributed by atoms with E-state index in [2.05, 4.69) is 31.1 Å². The molecule has 0 spiro atoms. The van der Waals surface area contributed by atoms with Gasteiger partial charge in [-0.05, 0) is 37.7 Å². The van der Waals surface area contributed by atoms with Gasteiger partial charge in [0.2, 0.25) is 0 Å². The van der Waals surface area contributed by atoms with Crippen LogP contribution in [0.1, 0.15) is 26.7 Å². The molecule has 0 heterocycles. The number of rotatable bonds is 3. The molecule has 12 heavy (non-hydrogen) atoms. The van der Waals surface area contributed by atoms with Gasteiger partial charge in [0.05, 0.1) is 0 Å². The summed E-state index contributed by atoms with van der Waals surface area (Å²) < 4.78 is 0. The lowest BCUT2D eigenvalue weighted by molar-refractivity contribution is 0.124. The smallest absolute Gasteiger partial charge is 0.103 e. The fourth-order valence-corrected chi connectivity index (χ4v) is 3.16. The van der Waals surface area contributed by atoms with Crippen molar-refractivity contribution in [3.05, 3.63) is 0 Å². The lowest BCUT2D eigenvalue weighted by Crippen LogP contribution is -2.31. The van der Waals surface area contributed by atoms with Crippen LogP contribution in [0.25, 0.3) is 0 Å². The van der Waals surface area contributed by atoms with E-state index in [1.165, 1.54) is 12.8 Å². The van der Waals surface area contributed by atoms with Crippen molar-refractivity contribution in [2.24, 2.45) is 11.8 Å². The van der Waals surface area contributed by atoms with E-state index in [4.69, 9.17) is 0 Å². The van der Waals surface area contributed by atoms with Crippen LogP contribution in [0.15, 0.2) is 0 Å². The van der Waals surface area contributed by atoms with Gasteiger partial charge in [0.15, 0.2) is 0 Å². The number of thiol groups is 1. The lowest BCUT2D eigenvalue weighted by Gasteiger charge is -2.41. The molecular formula is C9H20OS2. The Morgan fingerprint density at radius 2 is 2.08 bits per heavy atom. The molecule has 0 amide bonds. The first-order chi connectivity index (χ1) is 5.30. The molecule has 0 aromatic heterocycles. The van der Waals surface area contributed by atoms with Gasteiger partial charge in [-0.2, -0.15) is 9.06 Å². The van der Waals surface area contributed by atoms with E-state index in [-0.39, 0.29) is 0 Å². The van der Waals surface area contributed by atoms with Gasteiger partial charge >= 0.3 is 0 Å². The van der Waals surface area contributed by atoms with Crippen molar-refractivity contribution in [2.75, 3.05) is 12.5 Å². The van der Waals surface area contributed by atoms with Crippen molar-refractivity contribution in [1.82, 2.24) is 0 Å². The minimum Gasteiger partial charge on any atom is -0.380 e. The monoisotopic (exact) mass is 208 g/mol. The first kappa shape index (κ1) is 10.7. The van der Waals surface area contributed by atoms with E-state index < -0.39 is 14.0 Å². The van der Waals surface area contributed by atoms with Gasteiger partial charge in [0.1, 0.15) is 4.93 Å². The van der Waals surface area contributed by atoms with Gasteiger partial charge in [0.25, 0.3) is 0 Å². The first-order valence-corrected chi connectivity index (χ1v) is 7.98. The number of hydrogen-bond acceptors (Lipinski definition) is 2. The van der Waals surface area contributed by atoms with Crippen molar-refractivity contribution in [1.29, 1.82) is 0 Å². The van der Waals surface area contributed by atoms with Gasteiger partial charge in [-0.25, -0.2) is 0 Å². The molecule has 1 saturated carbocycles. The maximum absolute atomic E-state index is 10.3. The van der Waals surface area contributed by atoms with Crippen LogP contribution in [0.3, 0.4) is 0 Å². The average molecular weight is 208 g/mol. The standard InChI is InChI=1S/C9H20OS2/c1-5-7-6-8(7)9(2,10)12(3,4)11/h7-8,10-11H,5-6H2,1-4H3. The maximum Gasteiger partial charge on any atom is 0.103 e. The zero-order chi connectivity index (χ0) is 9.57. The molecule has 1 aliphatic rings. The summed E-state index contributed by atoms with van der Waals surface area (Å²) in [6.45, 7) is 4.15. The third kappa shape index (κ3) is 1.78. The third-order valence-electron chi connectivity index (χ3n) is 3.15. The van der Waals surface area contributed by atoms with Crippen LogP contribution in [0, 0.1) is 11.8 Å². The highest BCUT2D eigenvalue weighted by Gasteiger charge is 2.52. The predicted octanol–water partition coefficient (Wildman–Crippen LogP) is 2.65. The van der Waals surface area contributed by atoms with Crippen LogP contribution in [0.2, 0.25) is 0 Å². The van der Waals surface area contributed by atoms with E-state index in [9.17, 15) is 5.11 Å². The summed E-state index contributed by atoms with van der Waals surface area (Å²) in [5.41, 5.74) is 0. The largest absolute Gasteiger partial charge is 0.380 e. The quantitative estimate of drug-likeness (QED) is 0.540. The molecule has 0 aliphatic heterocycles. The molecule has 0 saturated heterocycles. The second-order valence-corrected chi connectivity index (χ2v) is 10.4. The Morgan fingerprint density at radius 1 is 1.58 bits per heavy atom. The number of aliphatic hydroxyl groups is 1. The topological polar surface area (TPSA) is 20.2 Å². The molecule has 1 aliphatic carbocycles. The lowest BCUT2D eigenvalue weighted by atomic mass is 10.2. The minimum absolute atomic E-state index is 0.505. The molecule has 74 valence electrons. The molecule has 0 bridgehead atoms. The third-order valence-corrected chi connectivity index (χ3v) is 6.58. The molecule has 1 rings (SSSR count). The highest BCUT2D eigenvalue weighted by atomic mass is 33.1. The summed E-state index contributed by atoms with van der Waals surface area (Å²) in [5.74, 6) is 1.25. The maximum atomic E-state index is 10.3. The second kappa shape index (κ2) is 3.10. The van der Waals surface area contributed by atoms with Crippen molar-refractivity contribution in [3.8, 4) is 0 Å². The Labute approximate surface area is 82.1 Å². The van der Waals surface area contributed by atoms with Crippen LogP contribution in [-0.2, 0) is 0 Å². The van der Waals surface area contributed by atoms with Crippen molar-refractivity contribution < 1.29 is 5.11 Å². The summed E-state index contributed by atoms with van der Waals surface area (Å²) in [4.78, 5) is -0.531. The second-order valence-electron chi connectivity index (χ2n) is 4.34. The summed E-state index contributed by atoms with van der Waals surface area (Å²) in [5, 5.41) is 10.3. The Morgan fingerprint density at radius 3 is 2.33 bits per heavy atom. The molecule has 1 fully saturated rings. The summed E-state index contributed by atoms with van der Waals surface area (Å²) >= 11 is 4.53. The predicted molar refractivity (Wildman–Crippen MR) is 60.9 cm³/mol. The van der Waals surface area contributed by atoms with Crippen LogP contribution >= 0.6 is 20.7 Å². The van der Waals surface area contributed by atoms with E-state index in [1.54, 1.807) is 0 Å². The van der Waals surface area contributed by atoms with E-state index in [1.807, 2.05) is 6.92 Å². The normalized spacial score (nSPS) is 35.8. The SMILES string of the molecule is CCC1CC1C(C)(O)S(C)(C)S. The minimum atomic E-state index is -1.13. The van der Waals surface area contributed by atoms with Gasteiger partial charge in [-0.15, -0.1) is 11.7 Å². The Hall–Kier alpha value is 0.660. The van der Waals surface area contributed by atoms with Crippen LogP contribution in [0.4, 0.5) is 0 Å². The van der Waals surface area contributed by atoms with Gasteiger partial charge < -0.3 is 5.11 Å². The summed E-state index contributed by atoms with van der Waals surface area (Å²) in [7, 11) is -1.13. The number of hydrogen-bond donors (Lipinski definition) is 2. The Kier molecular flexibility index (Phi) is 2.78. The van der Waals surface area contributed by atoms with Crippen molar-refractivity contribution in [3.63, 3.8) is 0 Å². The van der Waals surface area contributed by atoms with Crippen molar-refractivity contribution in [2.45, 2.75) is 31.6 Å². The Bertz CT molecular complexity index is 172.